The number of nitrogens with one attached hydrogen (secondary N) is 1. The van der Waals surface area contributed by atoms with Crippen molar-refractivity contribution in [1.29, 1.82) is 0 Å². The fourth-order valence-electron chi connectivity index (χ4n) is 2.61. The average molecular weight is 312 g/mol. The van der Waals surface area contributed by atoms with Crippen molar-refractivity contribution >= 4 is 11.6 Å². The predicted octanol–water partition coefficient (Wildman–Crippen LogP) is 4.05. The summed E-state index contributed by atoms with van der Waals surface area (Å²) in [6.45, 7) is 4.81. The molecule has 1 aromatic carbocycles. The Morgan fingerprint density at radius 2 is 2.38 bits per heavy atom. The molecule has 1 heterocycles. The highest BCUT2D eigenvalue weighted by atomic mass is 35.5. The highest BCUT2D eigenvalue weighted by Crippen LogP contribution is 2.20. The van der Waals surface area contributed by atoms with Crippen LogP contribution in [-0.2, 0) is 4.74 Å². The van der Waals surface area contributed by atoms with Crippen LogP contribution < -0.4 is 10.1 Å². The Morgan fingerprint density at radius 1 is 1.48 bits per heavy atom. The third-order valence-corrected chi connectivity index (χ3v) is 4.03. The summed E-state index contributed by atoms with van der Waals surface area (Å²) in [5, 5.41) is 4.28. The van der Waals surface area contributed by atoms with Gasteiger partial charge >= 0.3 is 0 Å². The Balaban J connectivity index is 1.77. The van der Waals surface area contributed by atoms with Crippen LogP contribution in [0.2, 0.25) is 5.02 Å². The number of hydrogen-bond donors (Lipinski definition) is 1. The molecule has 2 rings (SSSR count). The zero-order valence-electron chi connectivity index (χ0n) is 12.8. The summed E-state index contributed by atoms with van der Waals surface area (Å²) in [5.41, 5.74) is 0. The molecule has 0 aliphatic carbocycles. The normalized spacial score (nSPS) is 19.6. The van der Waals surface area contributed by atoms with E-state index in [0.29, 0.717) is 23.8 Å². The topological polar surface area (TPSA) is 30.5 Å². The lowest BCUT2D eigenvalue weighted by atomic mass is 10.1. The van der Waals surface area contributed by atoms with Crippen molar-refractivity contribution in [3.05, 3.63) is 29.3 Å². The van der Waals surface area contributed by atoms with Gasteiger partial charge in [0.05, 0.1) is 6.10 Å². The maximum absolute atomic E-state index is 5.98. The first-order valence-electron chi connectivity index (χ1n) is 8.01. The molecule has 0 bridgehead atoms. The Bertz CT molecular complexity index is 408. The van der Waals surface area contributed by atoms with Gasteiger partial charge in [-0.15, -0.1) is 0 Å². The number of rotatable bonds is 9. The van der Waals surface area contributed by atoms with Crippen molar-refractivity contribution in [3.8, 4) is 5.75 Å². The summed E-state index contributed by atoms with van der Waals surface area (Å²) < 4.78 is 11.6. The van der Waals surface area contributed by atoms with Gasteiger partial charge in [0, 0.05) is 17.7 Å². The van der Waals surface area contributed by atoms with Crippen LogP contribution in [0.15, 0.2) is 24.3 Å². The largest absolute Gasteiger partial charge is 0.492 e. The zero-order valence-corrected chi connectivity index (χ0v) is 13.6. The molecule has 4 heteroatoms. The van der Waals surface area contributed by atoms with E-state index in [1.807, 2.05) is 24.3 Å². The minimum atomic E-state index is 0.369. The van der Waals surface area contributed by atoms with E-state index in [9.17, 15) is 0 Å². The first-order chi connectivity index (χ1) is 10.3. The molecule has 0 amide bonds. The lowest BCUT2D eigenvalue weighted by molar-refractivity contribution is 0.0971. The highest BCUT2D eigenvalue weighted by molar-refractivity contribution is 6.30. The molecule has 0 saturated carbocycles. The lowest BCUT2D eigenvalue weighted by Gasteiger charge is -2.20. The molecule has 0 radical (unpaired) electrons. The Labute approximate surface area is 133 Å². The van der Waals surface area contributed by atoms with Crippen LogP contribution in [0.5, 0.6) is 5.75 Å². The van der Waals surface area contributed by atoms with Gasteiger partial charge in [-0.2, -0.15) is 0 Å². The van der Waals surface area contributed by atoms with Gasteiger partial charge in [-0.1, -0.05) is 24.6 Å². The van der Waals surface area contributed by atoms with Crippen LogP contribution in [-0.4, -0.2) is 31.9 Å². The number of hydrogen-bond acceptors (Lipinski definition) is 3. The molecule has 1 saturated heterocycles. The third-order valence-electron chi connectivity index (χ3n) is 3.79. The molecule has 3 nitrogen and oxygen atoms in total. The summed E-state index contributed by atoms with van der Waals surface area (Å²) in [7, 11) is 0. The zero-order chi connectivity index (χ0) is 14.9. The molecule has 1 aliphatic rings. The number of halogens is 1. The van der Waals surface area contributed by atoms with Gasteiger partial charge in [-0.25, -0.2) is 0 Å². The van der Waals surface area contributed by atoms with Crippen LogP contribution in [0.25, 0.3) is 0 Å². The van der Waals surface area contributed by atoms with Crippen molar-refractivity contribution in [2.75, 3.05) is 19.8 Å². The van der Waals surface area contributed by atoms with E-state index in [4.69, 9.17) is 21.1 Å². The second-order valence-electron chi connectivity index (χ2n) is 5.63. The van der Waals surface area contributed by atoms with Crippen LogP contribution >= 0.6 is 11.6 Å². The highest BCUT2D eigenvalue weighted by Gasteiger charge is 2.18. The van der Waals surface area contributed by atoms with E-state index < -0.39 is 0 Å². The van der Waals surface area contributed by atoms with Crippen molar-refractivity contribution in [1.82, 2.24) is 5.32 Å². The van der Waals surface area contributed by atoms with Gasteiger partial charge in [0.25, 0.3) is 0 Å². The molecular weight excluding hydrogens is 286 g/mol. The van der Waals surface area contributed by atoms with Gasteiger partial charge in [0.2, 0.25) is 0 Å². The van der Waals surface area contributed by atoms with Gasteiger partial charge in [0.1, 0.15) is 12.4 Å². The van der Waals surface area contributed by atoms with Crippen LogP contribution in [0.4, 0.5) is 0 Å². The molecule has 1 N–H and O–H groups in total. The average Bonchev–Trinajstić information content (AvgIpc) is 3.00. The molecule has 21 heavy (non-hydrogen) atoms. The summed E-state index contributed by atoms with van der Waals surface area (Å²) in [6.07, 6.45) is 6.19. The standard InChI is InChI=1S/C17H26ClNO2/c1-2-10-19-15(8-9-16-7-4-11-20-16)13-21-17-6-3-5-14(18)12-17/h3,5-6,12,15-16,19H,2,4,7-11,13H2,1H3. The first kappa shape index (κ1) is 16.6. The summed E-state index contributed by atoms with van der Waals surface area (Å²) >= 11 is 5.98. The van der Waals surface area contributed by atoms with E-state index in [1.165, 1.54) is 12.8 Å². The minimum Gasteiger partial charge on any atom is -0.492 e. The van der Waals surface area contributed by atoms with Crippen molar-refractivity contribution in [3.63, 3.8) is 0 Å². The second kappa shape index (κ2) is 9.29. The molecule has 0 spiro atoms. The van der Waals surface area contributed by atoms with Crippen molar-refractivity contribution in [2.24, 2.45) is 0 Å². The molecule has 0 aromatic heterocycles. The summed E-state index contributed by atoms with van der Waals surface area (Å²) in [4.78, 5) is 0. The Kier molecular flexibility index (Phi) is 7.34. The van der Waals surface area contributed by atoms with Gasteiger partial charge < -0.3 is 14.8 Å². The second-order valence-corrected chi connectivity index (χ2v) is 6.07. The maximum atomic E-state index is 5.98. The fourth-order valence-corrected chi connectivity index (χ4v) is 2.79. The van der Waals surface area contributed by atoms with Gasteiger partial charge in [-0.3, -0.25) is 0 Å². The lowest BCUT2D eigenvalue weighted by Crippen LogP contribution is -2.36. The molecule has 1 aromatic rings. The summed E-state index contributed by atoms with van der Waals surface area (Å²) in [5.74, 6) is 0.836. The fraction of sp³-hybridized carbons (Fsp3) is 0.647. The quantitative estimate of drug-likeness (QED) is 0.746. The Morgan fingerprint density at radius 3 is 3.10 bits per heavy atom. The molecule has 1 aliphatic heterocycles. The number of benzene rings is 1. The molecule has 1 fully saturated rings. The molecule has 2 atom stereocenters. The predicted molar refractivity (Wildman–Crippen MR) is 87.2 cm³/mol. The van der Waals surface area contributed by atoms with E-state index in [0.717, 1.165) is 38.2 Å². The van der Waals surface area contributed by atoms with Gasteiger partial charge in [-0.05, 0) is 56.8 Å². The summed E-state index contributed by atoms with van der Waals surface area (Å²) in [6, 6.07) is 7.95. The Hall–Kier alpha value is -0.770. The van der Waals surface area contributed by atoms with Crippen molar-refractivity contribution in [2.45, 2.75) is 51.2 Å². The SMILES string of the molecule is CCCNC(CCC1CCCO1)COc1cccc(Cl)c1. The molecular formula is C17H26ClNO2. The van der Waals surface area contributed by atoms with Gasteiger partial charge in [0.15, 0.2) is 0 Å². The maximum Gasteiger partial charge on any atom is 0.120 e. The minimum absolute atomic E-state index is 0.369. The third kappa shape index (κ3) is 6.25. The molecule has 2 unspecified atom stereocenters. The first-order valence-corrected chi connectivity index (χ1v) is 8.39. The van der Waals surface area contributed by atoms with Crippen LogP contribution in [0.1, 0.15) is 39.0 Å². The molecule has 118 valence electrons. The van der Waals surface area contributed by atoms with E-state index in [2.05, 4.69) is 12.2 Å². The van der Waals surface area contributed by atoms with E-state index >= 15 is 0 Å². The monoisotopic (exact) mass is 311 g/mol. The van der Waals surface area contributed by atoms with Crippen molar-refractivity contribution < 1.29 is 9.47 Å². The van der Waals surface area contributed by atoms with Crippen LogP contribution in [0, 0.1) is 0 Å². The van der Waals surface area contributed by atoms with E-state index in [-0.39, 0.29) is 0 Å². The number of ether oxygens (including phenoxy) is 2. The smallest absolute Gasteiger partial charge is 0.120 e. The van der Waals surface area contributed by atoms with Crippen LogP contribution in [0.3, 0.4) is 0 Å². The van der Waals surface area contributed by atoms with E-state index in [1.54, 1.807) is 0 Å².